The fourth-order valence-corrected chi connectivity index (χ4v) is 1.38. The maximum atomic E-state index is 5.69. The van der Waals surface area contributed by atoms with E-state index in [0.717, 1.165) is 18.1 Å². The van der Waals surface area contributed by atoms with E-state index in [2.05, 4.69) is 32.7 Å². The largest absolute Gasteiger partial charge is 0.462 e. The maximum Gasteiger partial charge on any atom is 0.130 e. The summed E-state index contributed by atoms with van der Waals surface area (Å²) in [6.07, 6.45) is 1.73. The van der Waals surface area contributed by atoms with Gasteiger partial charge in [0, 0.05) is 6.04 Å². The summed E-state index contributed by atoms with van der Waals surface area (Å²) in [4.78, 5) is 0. The van der Waals surface area contributed by atoms with Crippen molar-refractivity contribution in [3.8, 4) is 0 Å². The highest BCUT2D eigenvalue weighted by atomic mass is 16.5. The molecule has 1 aromatic rings. The van der Waals surface area contributed by atoms with Crippen molar-refractivity contribution in [3.05, 3.63) is 35.8 Å². The summed E-state index contributed by atoms with van der Waals surface area (Å²) in [5.41, 5.74) is 1.17. The average Bonchev–Trinajstić information content (AvgIpc) is 2.57. The van der Waals surface area contributed by atoms with Crippen molar-refractivity contribution < 1.29 is 9.15 Å². The maximum absolute atomic E-state index is 5.69. The second kappa shape index (κ2) is 6.51. The first kappa shape index (κ1) is 13.0. The van der Waals surface area contributed by atoms with Crippen molar-refractivity contribution in [1.82, 2.24) is 5.32 Å². The Morgan fingerprint density at radius 3 is 2.94 bits per heavy atom. The highest BCUT2D eigenvalue weighted by molar-refractivity contribution is 5.19. The van der Waals surface area contributed by atoms with Crippen LogP contribution in [0.15, 0.2) is 23.1 Å². The predicted octanol–water partition coefficient (Wildman–Crippen LogP) is 2.79. The van der Waals surface area contributed by atoms with Gasteiger partial charge in [-0.25, -0.2) is 0 Å². The zero-order valence-corrected chi connectivity index (χ0v) is 10.4. The molecule has 0 bridgehead atoms. The van der Waals surface area contributed by atoms with Crippen LogP contribution < -0.4 is 5.32 Å². The number of hydrogen-bond acceptors (Lipinski definition) is 3. The molecular formula is C13H21NO2. The minimum atomic E-state index is 0.463. The molecule has 0 aliphatic carbocycles. The van der Waals surface area contributed by atoms with Gasteiger partial charge in [-0.05, 0) is 18.6 Å². The van der Waals surface area contributed by atoms with Gasteiger partial charge in [0.2, 0.25) is 0 Å². The molecule has 1 N–H and O–H groups in total. The third-order valence-electron chi connectivity index (χ3n) is 2.22. The Bertz CT molecular complexity index is 329. The molecule has 0 spiro atoms. The first-order valence-corrected chi connectivity index (χ1v) is 5.63. The lowest BCUT2D eigenvalue weighted by Crippen LogP contribution is -2.21. The van der Waals surface area contributed by atoms with Gasteiger partial charge in [0.25, 0.3) is 0 Å². The molecule has 0 aromatic carbocycles. The van der Waals surface area contributed by atoms with Crippen molar-refractivity contribution in [2.45, 2.75) is 40.0 Å². The van der Waals surface area contributed by atoms with E-state index < -0.39 is 0 Å². The van der Waals surface area contributed by atoms with Crippen LogP contribution in [0, 0.1) is 6.92 Å². The van der Waals surface area contributed by atoms with E-state index in [-0.39, 0.29) is 0 Å². The SMILES string of the molecule is C=CCOCc1cc(C)c(CNC(C)C)o1. The Hall–Kier alpha value is -1.06. The van der Waals surface area contributed by atoms with Crippen LogP contribution in [0.4, 0.5) is 0 Å². The lowest BCUT2D eigenvalue weighted by atomic mass is 10.2. The molecule has 1 aromatic heterocycles. The van der Waals surface area contributed by atoms with Gasteiger partial charge in [-0.1, -0.05) is 19.9 Å². The molecule has 0 aliphatic rings. The molecule has 90 valence electrons. The monoisotopic (exact) mass is 223 g/mol. The summed E-state index contributed by atoms with van der Waals surface area (Å²) < 4.78 is 11.0. The summed E-state index contributed by atoms with van der Waals surface area (Å²) in [5, 5.41) is 3.33. The van der Waals surface area contributed by atoms with Crippen molar-refractivity contribution in [1.29, 1.82) is 0 Å². The Balaban J connectivity index is 2.48. The first-order valence-electron chi connectivity index (χ1n) is 5.63. The summed E-state index contributed by atoms with van der Waals surface area (Å²) in [6.45, 7) is 11.7. The van der Waals surface area contributed by atoms with Crippen molar-refractivity contribution in [2.75, 3.05) is 6.61 Å². The Kier molecular flexibility index (Phi) is 5.29. The predicted molar refractivity (Wildman–Crippen MR) is 65.3 cm³/mol. The van der Waals surface area contributed by atoms with Crippen LogP contribution in [0.5, 0.6) is 0 Å². The molecule has 0 fully saturated rings. The molecule has 0 atom stereocenters. The third-order valence-corrected chi connectivity index (χ3v) is 2.22. The summed E-state index contributed by atoms with van der Waals surface area (Å²) in [6, 6.07) is 2.49. The van der Waals surface area contributed by atoms with Crippen LogP contribution in [-0.2, 0) is 17.9 Å². The van der Waals surface area contributed by atoms with E-state index in [1.165, 1.54) is 5.56 Å². The van der Waals surface area contributed by atoms with E-state index in [0.29, 0.717) is 19.3 Å². The van der Waals surface area contributed by atoms with Gasteiger partial charge < -0.3 is 14.5 Å². The second-order valence-electron chi connectivity index (χ2n) is 4.16. The molecule has 0 amide bonds. The quantitative estimate of drug-likeness (QED) is 0.570. The fraction of sp³-hybridized carbons (Fsp3) is 0.538. The van der Waals surface area contributed by atoms with Crippen molar-refractivity contribution >= 4 is 0 Å². The van der Waals surface area contributed by atoms with Crippen LogP contribution in [0.1, 0.15) is 30.9 Å². The molecule has 0 radical (unpaired) electrons. The van der Waals surface area contributed by atoms with Crippen LogP contribution in [0.25, 0.3) is 0 Å². The lowest BCUT2D eigenvalue weighted by molar-refractivity contribution is 0.130. The Morgan fingerprint density at radius 2 is 2.31 bits per heavy atom. The van der Waals surface area contributed by atoms with Gasteiger partial charge in [-0.3, -0.25) is 0 Å². The molecule has 1 rings (SSSR count). The van der Waals surface area contributed by atoms with Crippen LogP contribution in [0.3, 0.4) is 0 Å². The topological polar surface area (TPSA) is 34.4 Å². The molecule has 16 heavy (non-hydrogen) atoms. The smallest absolute Gasteiger partial charge is 0.130 e. The molecule has 0 aliphatic heterocycles. The number of hydrogen-bond donors (Lipinski definition) is 1. The summed E-state index contributed by atoms with van der Waals surface area (Å²) in [5.74, 6) is 1.87. The molecule has 0 saturated heterocycles. The third kappa shape index (κ3) is 4.21. The number of aryl methyl sites for hydroxylation is 1. The van der Waals surface area contributed by atoms with E-state index in [1.807, 2.05) is 6.07 Å². The van der Waals surface area contributed by atoms with Gasteiger partial charge >= 0.3 is 0 Å². The zero-order chi connectivity index (χ0) is 12.0. The molecule has 3 nitrogen and oxygen atoms in total. The molecule has 3 heteroatoms. The van der Waals surface area contributed by atoms with E-state index in [1.54, 1.807) is 6.08 Å². The lowest BCUT2D eigenvalue weighted by Gasteiger charge is -2.06. The van der Waals surface area contributed by atoms with E-state index >= 15 is 0 Å². The number of ether oxygens (including phenoxy) is 1. The molecule has 0 unspecified atom stereocenters. The fourth-order valence-electron chi connectivity index (χ4n) is 1.38. The van der Waals surface area contributed by atoms with Gasteiger partial charge in [-0.15, -0.1) is 6.58 Å². The Morgan fingerprint density at radius 1 is 1.56 bits per heavy atom. The number of rotatable bonds is 7. The zero-order valence-electron chi connectivity index (χ0n) is 10.4. The minimum absolute atomic E-state index is 0.463. The van der Waals surface area contributed by atoms with Crippen molar-refractivity contribution in [3.63, 3.8) is 0 Å². The van der Waals surface area contributed by atoms with Gasteiger partial charge in [0.15, 0.2) is 0 Å². The first-order chi connectivity index (χ1) is 7.63. The number of furan rings is 1. The molecule has 1 heterocycles. The van der Waals surface area contributed by atoms with E-state index in [9.17, 15) is 0 Å². The van der Waals surface area contributed by atoms with Crippen LogP contribution in [0.2, 0.25) is 0 Å². The average molecular weight is 223 g/mol. The standard InChI is InChI=1S/C13H21NO2/c1-5-6-15-9-12-7-11(4)13(16-12)8-14-10(2)3/h5,7,10,14H,1,6,8-9H2,2-4H3. The second-order valence-corrected chi connectivity index (χ2v) is 4.16. The van der Waals surface area contributed by atoms with Gasteiger partial charge in [-0.2, -0.15) is 0 Å². The highest BCUT2D eigenvalue weighted by Crippen LogP contribution is 2.15. The summed E-state index contributed by atoms with van der Waals surface area (Å²) in [7, 11) is 0. The molecular weight excluding hydrogens is 202 g/mol. The Labute approximate surface area is 97.5 Å². The van der Waals surface area contributed by atoms with Gasteiger partial charge in [0.1, 0.15) is 18.1 Å². The number of nitrogens with one attached hydrogen (secondary N) is 1. The van der Waals surface area contributed by atoms with Gasteiger partial charge in [0.05, 0.1) is 13.2 Å². The molecule has 0 saturated carbocycles. The normalized spacial score (nSPS) is 11.0. The highest BCUT2D eigenvalue weighted by Gasteiger charge is 2.07. The van der Waals surface area contributed by atoms with E-state index in [4.69, 9.17) is 9.15 Å². The summed E-state index contributed by atoms with van der Waals surface area (Å²) >= 11 is 0. The van der Waals surface area contributed by atoms with Crippen LogP contribution in [-0.4, -0.2) is 12.6 Å². The van der Waals surface area contributed by atoms with Crippen LogP contribution >= 0.6 is 0 Å². The van der Waals surface area contributed by atoms with Crippen molar-refractivity contribution in [2.24, 2.45) is 0 Å². The minimum Gasteiger partial charge on any atom is -0.462 e.